The summed E-state index contributed by atoms with van der Waals surface area (Å²) in [6.07, 6.45) is 5.73. The highest BCUT2D eigenvalue weighted by Crippen LogP contribution is 2.26. The van der Waals surface area contributed by atoms with Crippen LogP contribution in [-0.2, 0) is 11.3 Å². The SMILES string of the molecule is COC1CCC(NC(=O)c2ccc(OCc3c(-c4ccc(C)nc4)noc3C)nn2)CC1. The highest BCUT2D eigenvalue weighted by Gasteiger charge is 2.23. The third-order valence-electron chi connectivity index (χ3n) is 5.75. The molecule has 1 aliphatic rings. The molecule has 9 heteroatoms. The maximum Gasteiger partial charge on any atom is 0.272 e. The monoisotopic (exact) mass is 437 g/mol. The van der Waals surface area contributed by atoms with Gasteiger partial charge in [-0.3, -0.25) is 9.78 Å². The molecule has 3 heterocycles. The number of aryl methyl sites for hydroxylation is 2. The zero-order valence-corrected chi connectivity index (χ0v) is 18.5. The summed E-state index contributed by atoms with van der Waals surface area (Å²) in [5, 5.41) is 15.2. The first-order valence-electron chi connectivity index (χ1n) is 10.7. The minimum absolute atomic E-state index is 0.137. The molecule has 3 aromatic rings. The molecular formula is C23H27N5O4. The van der Waals surface area contributed by atoms with Gasteiger partial charge in [0.1, 0.15) is 18.1 Å². The quantitative estimate of drug-likeness (QED) is 0.598. The van der Waals surface area contributed by atoms with Gasteiger partial charge < -0.3 is 19.3 Å². The number of hydrogen-bond acceptors (Lipinski definition) is 8. The maximum atomic E-state index is 12.5. The van der Waals surface area contributed by atoms with Gasteiger partial charge >= 0.3 is 0 Å². The van der Waals surface area contributed by atoms with E-state index in [9.17, 15) is 4.79 Å². The fourth-order valence-corrected chi connectivity index (χ4v) is 3.76. The molecule has 4 rings (SSSR count). The van der Waals surface area contributed by atoms with Crippen molar-refractivity contribution < 1.29 is 18.8 Å². The van der Waals surface area contributed by atoms with Gasteiger partial charge in [-0.15, -0.1) is 10.2 Å². The Balaban J connectivity index is 1.35. The number of nitrogens with zero attached hydrogens (tertiary/aromatic N) is 4. The Labute approximate surface area is 186 Å². The summed E-state index contributed by atoms with van der Waals surface area (Å²) >= 11 is 0. The van der Waals surface area contributed by atoms with E-state index in [4.69, 9.17) is 14.0 Å². The lowest BCUT2D eigenvalue weighted by molar-refractivity contribution is 0.0598. The van der Waals surface area contributed by atoms with Crippen LogP contribution >= 0.6 is 0 Å². The second kappa shape index (κ2) is 9.86. The number of carbonyl (C=O) groups excluding carboxylic acids is 1. The molecule has 32 heavy (non-hydrogen) atoms. The number of methoxy groups -OCH3 is 1. The molecule has 0 unspecified atom stereocenters. The Hall–Kier alpha value is -3.33. The highest BCUT2D eigenvalue weighted by molar-refractivity contribution is 5.92. The van der Waals surface area contributed by atoms with Crippen LogP contribution in [0.25, 0.3) is 11.3 Å². The Morgan fingerprint density at radius 2 is 1.94 bits per heavy atom. The number of ether oxygens (including phenoxy) is 2. The summed E-state index contributed by atoms with van der Waals surface area (Å²) in [4.78, 5) is 16.8. The first-order valence-corrected chi connectivity index (χ1v) is 10.7. The number of rotatable bonds is 7. The zero-order valence-electron chi connectivity index (χ0n) is 18.5. The van der Waals surface area contributed by atoms with Crippen LogP contribution in [0.15, 0.2) is 35.0 Å². The minimum Gasteiger partial charge on any atom is -0.472 e. The van der Waals surface area contributed by atoms with Crippen LogP contribution in [0.2, 0.25) is 0 Å². The number of nitrogens with one attached hydrogen (secondary N) is 1. The maximum absolute atomic E-state index is 12.5. The van der Waals surface area contributed by atoms with E-state index in [1.807, 2.05) is 26.0 Å². The molecule has 3 aromatic heterocycles. The number of pyridine rings is 1. The van der Waals surface area contributed by atoms with E-state index in [-0.39, 0.29) is 30.4 Å². The summed E-state index contributed by atoms with van der Waals surface area (Å²) in [7, 11) is 1.73. The van der Waals surface area contributed by atoms with Crippen LogP contribution in [0.4, 0.5) is 0 Å². The predicted octanol–water partition coefficient (Wildman–Crippen LogP) is 3.41. The average molecular weight is 438 g/mol. The molecule has 0 aliphatic heterocycles. The summed E-state index contributed by atoms with van der Waals surface area (Å²) in [6.45, 7) is 3.97. The van der Waals surface area contributed by atoms with Crippen molar-refractivity contribution >= 4 is 5.91 Å². The molecule has 1 aliphatic carbocycles. The highest BCUT2D eigenvalue weighted by atomic mass is 16.5. The van der Waals surface area contributed by atoms with E-state index >= 15 is 0 Å². The van der Waals surface area contributed by atoms with Crippen LogP contribution in [0, 0.1) is 13.8 Å². The van der Waals surface area contributed by atoms with Gasteiger partial charge in [-0.05, 0) is 57.7 Å². The van der Waals surface area contributed by atoms with Crippen LogP contribution in [0.3, 0.4) is 0 Å². The molecule has 0 aromatic carbocycles. The molecular weight excluding hydrogens is 410 g/mol. The van der Waals surface area contributed by atoms with Gasteiger partial charge in [-0.1, -0.05) is 5.16 Å². The first kappa shape index (κ1) is 21.9. The molecule has 1 N–H and O–H groups in total. The molecule has 0 spiro atoms. The Bertz CT molecular complexity index is 1040. The van der Waals surface area contributed by atoms with Crippen molar-refractivity contribution in [2.45, 2.75) is 58.3 Å². The van der Waals surface area contributed by atoms with Crippen molar-refractivity contribution in [3.63, 3.8) is 0 Å². The number of amides is 1. The Morgan fingerprint density at radius 3 is 2.59 bits per heavy atom. The number of hydrogen-bond donors (Lipinski definition) is 1. The van der Waals surface area contributed by atoms with E-state index in [2.05, 4.69) is 25.7 Å². The van der Waals surface area contributed by atoms with Crippen molar-refractivity contribution in [2.75, 3.05) is 7.11 Å². The van der Waals surface area contributed by atoms with Gasteiger partial charge in [0.05, 0.1) is 11.7 Å². The van der Waals surface area contributed by atoms with Gasteiger partial charge in [0.15, 0.2) is 5.69 Å². The Morgan fingerprint density at radius 1 is 1.12 bits per heavy atom. The van der Waals surface area contributed by atoms with Crippen molar-refractivity contribution in [1.29, 1.82) is 0 Å². The molecule has 1 amide bonds. The van der Waals surface area contributed by atoms with Crippen LogP contribution in [-0.4, -0.2) is 45.5 Å². The molecule has 0 atom stereocenters. The van der Waals surface area contributed by atoms with Crippen molar-refractivity contribution in [2.24, 2.45) is 0 Å². The molecule has 9 nitrogen and oxygen atoms in total. The smallest absolute Gasteiger partial charge is 0.272 e. The largest absolute Gasteiger partial charge is 0.472 e. The first-order chi connectivity index (χ1) is 15.5. The van der Waals surface area contributed by atoms with Crippen LogP contribution < -0.4 is 10.1 Å². The fourth-order valence-electron chi connectivity index (χ4n) is 3.76. The van der Waals surface area contributed by atoms with Crippen LogP contribution in [0.5, 0.6) is 5.88 Å². The second-order valence-electron chi connectivity index (χ2n) is 7.98. The van der Waals surface area contributed by atoms with E-state index < -0.39 is 0 Å². The standard InChI is InChI=1S/C23H27N5O4/c1-14-4-5-16(12-24-14)22-19(15(2)32-28-22)13-31-21-11-10-20(26-27-21)23(29)25-17-6-8-18(30-3)9-7-17/h4-5,10-12,17-18H,6-9,13H2,1-3H3,(H,25,29). The summed E-state index contributed by atoms with van der Waals surface area (Å²) < 4.78 is 16.5. The molecule has 1 fully saturated rings. The second-order valence-corrected chi connectivity index (χ2v) is 7.98. The topological polar surface area (TPSA) is 112 Å². The van der Waals surface area contributed by atoms with E-state index in [0.29, 0.717) is 17.3 Å². The van der Waals surface area contributed by atoms with E-state index in [1.165, 1.54) is 0 Å². The summed E-state index contributed by atoms with van der Waals surface area (Å²) in [5.74, 6) is 0.748. The molecule has 1 saturated carbocycles. The lowest BCUT2D eigenvalue weighted by Gasteiger charge is -2.27. The normalized spacial score (nSPS) is 18.3. The fraction of sp³-hybridized carbons (Fsp3) is 0.435. The average Bonchev–Trinajstić information content (AvgIpc) is 3.19. The van der Waals surface area contributed by atoms with Gasteiger partial charge in [0, 0.05) is 36.7 Å². The molecule has 0 saturated heterocycles. The van der Waals surface area contributed by atoms with E-state index in [0.717, 1.165) is 42.5 Å². The van der Waals surface area contributed by atoms with Crippen LogP contribution in [0.1, 0.15) is 53.2 Å². The van der Waals surface area contributed by atoms with Crippen molar-refractivity contribution in [1.82, 2.24) is 25.7 Å². The number of carbonyl (C=O) groups is 1. The van der Waals surface area contributed by atoms with Gasteiger partial charge in [0.2, 0.25) is 5.88 Å². The summed E-state index contributed by atoms with van der Waals surface area (Å²) in [6, 6.07) is 7.25. The predicted molar refractivity (Wildman–Crippen MR) is 116 cm³/mol. The Kier molecular flexibility index (Phi) is 6.75. The van der Waals surface area contributed by atoms with E-state index in [1.54, 1.807) is 25.4 Å². The number of aromatic nitrogens is 4. The molecule has 0 bridgehead atoms. The van der Waals surface area contributed by atoms with Gasteiger partial charge in [-0.25, -0.2) is 0 Å². The van der Waals surface area contributed by atoms with Crippen molar-refractivity contribution in [3.8, 4) is 17.1 Å². The third-order valence-corrected chi connectivity index (χ3v) is 5.75. The van der Waals surface area contributed by atoms with Crippen molar-refractivity contribution in [3.05, 3.63) is 53.2 Å². The molecule has 168 valence electrons. The lowest BCUT2D eigenvalue weighted by Crippen LogP contribution is -2.39. The minimum atomic E-state index is -0.228. The lowest BCUT2D eigenvalue weighted by atomic mass is 9.93. The van der Waals surface area contributed by atoms with Gasteiger partial charge in [0.25, 0.3) is 5.91 Å². The molecule has 0 radical (unpaired) electrons. The third kappa shape index (κ3) is 5.11. The zero-order chi connectivity index (χ0) is 22.5. The summed E-state index contributed by atoms with van der Waals surface area (Å²) in [5.41, 5.74) is 3.53. The van der Waals surface area contributed by atoms with Gasteiger partial charge in [-0.2, -0.15) is 0 Å².